The Hall–Kier alpha value is -0.0800. The fourth-order valence-electron chi connectivity index (χ4n) is 2.27. The van der Waals surface area contributed by atoms with Crippen LogP contribution in [0.4, 0.5) is 0 Å². The summed E-state index contributed by atoms with van der Waals surface area (Å²) in [5, 5.41) is 9.61. The molecule has 1 saturated carbocycles. The van der Waals surface area contributed by atoms with Crippen molar-refractivity contribution in [1.82, 2.24) is 4.72 Å². The van der Waals surface area contributed by atoms with Crippen molar-refractivity contribution in [2.75, 3.05) is 5.75 Å². The van der Waals surface area contributed by atoms with Gasteiger partial charge in [-0.25, -0.2) is 8.42 Å². The Morgan fingerprint density at radius 1 is 1.71 bits per heavy atom. The first-order valence-corrected chi connectivity index (χ1v) is 11.7. The Labute approximate surface area is 162 Å². The lowest BCUT2D eigenvalue weighted by molar-refractivity contribution is 0.474. The molecule has 1 aromatic heterocycles. The molecule has 0 radical (unpaired) electrons. The summed E-state index contributed by atoms with van der Waals surface area (Å²) >= 11 is 9.19. The Kier molecular flexibility index (Phi) is 5.83. The summed E-state index contributed by atoms with van der Waals surface area (Å²) in [7, 11) is -3.74. The van der Waals surface area contributed by atoms with Gasteiger partial charge in [0.1, 0.15) is 10.4 Å². The minimum atomic E-state index is -3.74. The maximum absolute atomic E-state index is 12.8. The zero-order valence-corrected chi connectivity index (χ0v) is 17.8. The van der Waals surface area contributed by atoms with Crippen LogP contribution >= 0.6 is 38.9 Å². The first-order chi connectivity index (χ1) is 11.0. The highest BCUT2D eigenvalue weighted by molar-refractivity contribution is 9.11. The lowest BCUT2D eigenvalue weighted by Crippen LogP contribution is -2.49. The summed E-state index contributed by atoms with van der Waals surface area (Å²) in [6.07, 6.45) is 0.653. The molecule has 1 aromatic rings. The summed E-state index contributed by atoms with van der Waals surface area (Å²) in [6, 6.07) is 3.58. The van der Waals surface area contributed by atoms with E-state index < -0.39 is 31.5 Å². The minimum Gasteiger partial charge on any atom is -0.593 e. The maximum Gasteiger partial charge on any atom is 0.171 e. The molecular weight excluding hydrogens is 456 g/mol. The third kappa shape index (κ3) is 3.85. The summed E-state index contributed by atoms with van der Waals surface area (Å²) in [6.45, 7) is 6.84. The van der Waals surface area contributed by atoms with Gasteiger partial charge in [0.25, 0.3) is 0 Å². The number of nitrogens with zero attached hydrogens (tertiary/aromatic N) is 1. The Morgan fingerprint density at radius 3 is 2.67 bits per heavy atom. The molecule has 2 rings (SSSR count). The van der Waals surface area contributed by atoms with Gasteiger partial charge in [0.2, 0.25) is 0 Å². The number of hydrogen-bond acceptors (Lipinski definition) is 6. The fourth-order valence-corrected chi connectivity index (χ4v) is 7.62. The fraction of sp³-hybridized carbons (Fsp3) is 0.500. The molecule has 0 spiro atoms. The Bertz CT molecular complexity index is 814. The van der Waals surface area contributed by atoms with Crippen LogP contribution < -0.4 is 4.72 Å². The van der Waals surface area contributed by atoms with Gasteiger partial charge in [0, 0.05) is 11.8 Å². The molecular formula is C14H16BrClN2O3S3. The molecule has 0 unspecified atom stereocenters. The summed E-state index contributed by atoms with van der Waals surface area (Å²) in [5.41, 5.74) is -1.21. The van der Waals surface area contributed by atoms with E-state index in [1.807, 2.05) is 6.07 Å². The van der Waals surface area contributed by atoms with Gasteiger partial charge in [0.05, 0.1) is 32.0 Å². The van der Waals surface area contributed by atoms with E-state index in [0.29, 0.717) is 27.6 Å². The first kappa shape index (κ1) is 20.2. The van der Waals surface area contributed by atoms with Crippen LogP contribution in [0, 0.1) is 11.3 Å². The third-order valence-electron chi connectivity index (χ3n) is 3.77. The smallest absolute Gasteiger partial charge is 0.171 e. The average molecular weight is 472 g/mol. The van der Waals surface area contributed by atoms with E-state index in [1.165, 1.54) is 11.3 Å². The molecule has 1 aliphatic carbocycles. The number of halogens is 2. The van der Waals surface area contributed by atoms with Crippen LogP contribution in [0.2, 0.25) is 5.02 Å². The van der Waals surface area contributed by atoms with Crippen LogP contribution in [-0.4, -0.2) is 23.5 Å². The van der Waals surface area contributed by atoms with E-state index in [9.17, 15) is 18.2 Å². The molecule has 5 nitrogen and oxygen atoms in total. The number of sulfone groups is 1. The van der Waals surface area contributed by atoms with Gasteiger partial charge in [-0.05, 0) is 48.3 Å². The minimum absolute atomic E-state index is 0.327. The number of hydrogen-bond donors (Lipinski definition) is 1. The molecule has 2 atom stereocenters. The van der Waals surface area contributed by atoms with Gasteiger partial charge in [0.15, 0.2) is 14.6 Å². The van der Waals surface area contributed by atoms with E-state index in [4.69, 9.17) is 11.6 Å². The monoisotopic (exact) mass is 470 g/mol. The molecule has 132 valence electrons. The molecule has 1 fully saturated rings. The summed E-state index contributed by atoms with van der Waals surface area (Å²) < 4.78 is 40.0. The van der Waals surface area contributed by atoms with Crippen LogP contribution in [0.5, 0.6) is 0 Å². The van der Waals surface area contributed by atoms with Crippen molar-refractivity contribution in [3.8, 4) is 6.07 Å². The number of nitriles is 1. The molecule has 1 N–H and O–H groups in total. The van der Waals surface area contributed by atoms with Gasteiger partial charge in [-0.15, -0.1) is 16.1 Å². The highest BCUT2D eigenvalue weighted by Crippen LogP contribution is 2.47. The second-order valence-electron chi connectivity index (χ2n) is 6.00. The number of thiophene rings is 1. The standard InChI is InChI=1S/C14H16BrClN2O3S3/c1-9(2)23(19)18-13(3,12-10(16)6-11(15)22-12)8-24(20,21)14(7-17)4-5-14/h6,18H,1,4-5,8H2,2-3H3/t13-,23+/m0/s1. The highest BCUT2D eigenvalue weighted by Gasteiger charge is 2.58. The molecule has 1 heterocycles. The van der Waals surface area contributed by atoms with Gasteiger partial charge in [-0.2, -0.15) is 5.26 Å². The van der Waals surface area contributed by atoms with Crippen LogP contribution in [0.1, 0.15) is 31.6 Å². The quantitative estimate of drug-likeness (QED) is 0.613. The second-order valence-corrected chi connectivity index (χ2v) is 12.6. The van der Waals surface area contributed by atoms with Crippen molar-refractivity contribution in [2.45, 2.75) is 37.0 Å². The van der Waals surface area contributed by atoms with Crippen molar-refractivity contribution in [1.29, 1.82) is 5.26 Å². The maximum atomic E-state index is 12.8. The Morgan fingerprint density at radius 2 is 2.29 bits per heavy atom. The van der Waals surface area contributed by atoms with Crippen LogP contribution in [0.25, 0.3) is 0 Å². The van der Waals surface area contributed by atoms with E-state index in [0.717, 1.165) is 3.79 Å². The molecule has 1 aliphatic rings. The van der Waals surface area contributed by atoms with Gasteiger partial charge >= 0.3 is 0 Å². The van der Waals surface area contributed by atoms with Crippen molar-refractivity contribution >= 4 is 60.1 Å². The SMILES string of the molecule is C=C(C)[S@@+]([O-])N[C@@](C)(CS(=O)(=O)C1(C#N)CC1)c1sc(Br)cc1Cl. The lowest BCUT2D eigenvalue weighted by atomic mass is 10.1. The van der Waals surface area contributed by atoms with Crippen LogP contribution in [-0.2, 0) is 26.7 Å². The molecule has 0 aromatic carbocycles. The van der Waals surface area contributed by atoms with Crippen molar-refractivity contribution in [3.63, 3.8) is 0 Å². The van der Waals surface area contributed by atoms with Gasteiger partial charge in [-0.1, -0.05) is 11.6 Å². The molecule has 10 heteroatoms. The first-order valence-electron chi connectivity index (χ1n) is 6.90. The molecule has 24 heavy (non-hydrogen) atoms. The zero-order chi connectivity index (χ0) is 18.3. The van der Waals surface area contributed by atoms with Gasteiger partial charge in [-0.3, -0.25) is 0 Å². The van der Waals surface area contributed by atoms with Crippen LogP contribution in [0.3, 0.4) is 0 Å². The number of nitrogens with one attached hydrogen (secondary N) is 1. The van der Waals surface area contributed by atoms with Crippen molar-refractivity contribution in [2.24, 2.45) is 0 Å². The topological polar surface area (TPSA) is 93.0 Å². The van der Waals surface area contributed by atoms with Gasteiger partial charge < -0.3 is 4.55 Å². The zero-order valence-electron chi connectivity index (χ0n) is 13.1. The summed E-state index contributed by atoms with van der Waals surface area (Å²) in [5.74, 6) is -0.376. The Balaban J connectivity index is 2.46. The van der Waals surface area contributed by atoms with E-state index >= 15 is 0 Å². The largest absolute Gasteiger partial charge is 0.593 e. The van der Waals surface area contributed by atoms with E-state index in [2.05, 4.69) is 27.2 Å². The predicted octanol–water partition coefficient (Wildman–Crippen LogP) is 3.64. The predicted molar refractivity (Wildman–Crippen MR) is 102 cm³/mol. The second kappa shape index (κ2) is 6.91. The number of allylic oxidation sites excluding steroid dienone is 1. The lowest BCUT2D eigenvalue weighted by Gasteiger charge is -2.30. The number of rotatable bonds is 7. The van der Waals surface area contributed by atoms with Crippen molar-refractivity contribution < 1.29 is 13.0 Å². The van der Waals surface area contributed by atoms with E-state index in [1.54, 1.807) is 19.9 Å². The van der Waals surface area contributed by atoms with E-state index in [-0.39, 0.29) is 5.75 Å². The molecule has 0 bridgehead atoms. The summed E-state index contributed by atoms with van der Waals surface area (Å²) in [4.78, 5) is 0.912. The third-order valence-corrected chi connectivity index (χ3v) is 10.0. The van der Waals surface area contributed by atoms with Crippen LogP contribution in [0.15, 0.2) is 21.3 Å². The molecule has 0 saturated heterocycles. The normalized spacial score (nSPS) is 20.0. The van der Waals surface area contributed by atoms with Crippen molar-refractivity contribution in [3.05, 3.63) is 31.2 Å². The highest BCUT2D eigenvalue weighted by atomic mass is 79.9. The average Bonchev–Trinajstić information content (AvgIpc) is 3.18. The molecule has 0 aliphatic heterocycles. The molecule has 0 amide bonds.